The van der Waals surface area contributed by atoms with E-state index in [1.54, 1.807) is 6.20 Å². The fraction of sp³-hybridized carbons (Fsp3) is 0.143. The average Bonchev–Trinajstić information content (AvgIpc) is 2.97. The van der Waals surface area contributed by atoms with Crippen LogP contribution >= 0.6 is 0 Å². The number of aromatic nitrogens is 3. The van der Waals surface area contributed by atoms with E-state index in [1.807, 2.05) is 48.3 Å². The number of aldehydes is 1. The number of benzene rings is 1. The summed E-state index contributed by atoms with van der Waals surface area (Å²) in [6.07, 6.45) is 6.61. The summed E-state index contributed by atoms with van der Waals surface area (Å²) in [5, 5.41) is 1.13. The van der Waals surface area contributed by atoms with E-state index in [4.69, 9.17) is 0 Å². The molecule has 0 radical (unpaired) electrons. The van der Waals surface area contributed by atoms with Gasteiger partial charge in [0, 0.05) is 36.7 Å². The average molecular weight is 239 g/mol. The Morgan fingerprint density at radius 2 is 2.17 bits per heavy atom. The molecular formula is C14H13N3O. The van der Waals surface area contributed by atoms with Gasteiger partial charge in [-0.1, -0.05) is 12.1 Å². The van der Waals surface area contributed by atoms with Crippen LogP contribution < -0.4 is 0 Å². The van der Waals surface area contributed by atoms with E-state index in [0.717, 1.165) is 23.0 Å². The van der Waals surface area contributed by atoms with Crippen molar-refractivity contribution in [3.05, 3.63) is 54.2 Å². The van der Waals surface area contributed by atoms with E-state index in [9.17, 15) is 4.79 Å². The fourth-order valence-corrected chi connectivity index (χ4v) is 2.11. The van der Waals surface area contributed by atoms with Gasteiger partial charge in [0.1, 0.15) is 12.1 Å². The second-order valence-corrected chi connectivity index (χ2v) is 4.33. The van der Waals surface area contributed by atoms with Crippen LogP contribution in [0.4, 0.5) is 0 Å². The van der Waals surface area contributed by atoms with Crippen LogP contribution in [0, 0.1) is 0 Å². The van der Waals surface area contributed by atoms with E-state index in [0.29, 0.717) is 12.1 Å². The lowest BCUT2D eigenvalue weighted by atomic mass is 10.2. The van der Waals surface area contributed by atoms with E-state index in [2.05, 4.69) is 9.55 Å². The van der Waals surface area contributed by atoms with Gasteiger partial charge in [0.2, 0.25) is 0 Å². The number of rotatable bonds is 3. The third-order valence-corrected chi connectivity index (χ3v) is 3.17. The minimum absolute atomic E-state index is 0.697. The SMILES string of the molecule is Cn1ccnc1Cn1ccc2ccc(C=O)cc21. The molecule has 0 spiro atoms. The summed E-state index contributed by atoms with van der Waals surface area (Å²) in [6.45, 7) is 0.704. The van der Waals surface area contributed by atoms with Crippen molar-refractivity contribution in [2.24, 2.45) is 7.05 Å². The Bertz CT molecular complexity index is 709. The molecule has 0 saturated heterocycles. The van der Waals surface area contributed by atoms with Crippen molar-refractivity contribution in [3.63, 3.8) is 0 Å². The number of hydrogen-bond donors (Lipinski definition) is 0. The van der Waals surface area contributed by atoms with Gasteiger partial charge in [-0.15, -0.1) is 0 Å². The van der Waals surface area contributed by atoms with Gasteiger partial charge in [0.05, 0.1) is 6.54 Å². The second-order valence-electron chi connectivity index (χ2n) is 4.33. The zero-order valence-electron chi connectivity index (χ0n) is 10.1. The predicted octanol–water partition coefficient (Wildman–Crippen LogP) is 2.24. The van der Waals surface area contributed by atoms with Crippen LogP contribution in [-0.4, -0.2) is 20.4 Å². The van der Waals surface area contributed by atoms with Crippen molar-refractivity contribution in [3.8, 4) is 0 Å². The summed E-state index contributed by atoms with van der Waals surface area (Å²) in [5.41, 5.74) is 1.75. The van der Waals surface area contributed by atoms with Crippen LogP contribution in [0.3, 0.4) is 0 Å². The normalized spacial score (nSPS) is 10.9. The number of hydrogen-bond acceptors (Lipinski definition) is 2. The molecule has 0 aliphatic heterocycles. The standard InChI is InChI=1S/C14H13N3O/c1-16-7-5-15-14(16)9-17-6-4-12-3-2-11(10-18)8-13(12)17/h2-8,10H,9H2,1H3. The highest BCUT2D eigenvalue weighted by atomic mass is 16.1. The zero-order chi connectivity index (χ0) is 12.5. The number of carbonyl (C=O) groups excluding carboxylic acids is 1. The molecule has 0 amide bonds. The number of aryl methyl sites for hydroxylation is 1. The minimum atomic E-state index is 0.697. The van der Waals surface area contributed by atoms with Gasteiger partial charge in [-0.25, -0.2) is 4.98 Å². The topological polar surface area (TPSA) is 39.8 Å². The monoisotopic (exact) mass is 239 g/mol. The van der Waals surface area contributed by atoms with Gasteiger partial charge < -0.3 is 9.13 Å². The first-order chi connectivity index (χ1) is 8.78. The van der Waals surface area contributed by atoms with Crippen LogP contribution in [0.25, 0.3) is 10.9 Å². The first-order valence-electron chi connectivity index (χ1n) is 5.78. The van der Waals surface area contributed by atoms with Gasteiger partial charge in [0.15, 0.2) is 0 Å². The summed E-state index contributed by atoms with van der Waals surface area (Å²) in [7, 11) is 1.98. The highest BCUT2D eigenvalue weighted by molar-refractivity contribution is 5.87. The van der Waals surface area contributed by atoms with Gasteiger partial charge in [0.25, 0.3) is 0 Å². The third kappa shape index (κ3) is 1.72. The zero-order valence-corrected chi connectivity index (χ0v) is 10.1. The van der Waals surface area contributed by atoms with Crippen molar-refractivity contribution in [2.75, 3.05) is 0 Å². The molecule has 0 N–H and O–H groups in total. The Hall–Kier alpha value is -2.36. The van der Waals surface area contributed by atoms with Crippen molar-refractivity contribution in [2.45, 2.75) is 6.54 Å². The smallest absolute Gasteiger partial charge is 0.150 e. The van der Waals surface area contributed by atoms with E-state index >= 15 is 0 Å². The van der Waals surface area contributed by atoms with Crippen molar-refractivity contribution < 1.29 is 4.79 Å². The van der Waals surface area contributed by atoms with Crippen LogP contribution in [-0.2, 0) is 13.6 Å². The maximum absolute atomic E-state index is 10.8. The molecule has 0 unspecified atom stereocenters. The van der Waals surface area contributed by atoms with Gasteiger partial charge in [-0.3, -0.25) is 4.79 Å². The molecule has 2 aromatic heterocycles. The van der Waals surface area contributed by atoms with E-state index < -0.39 is 0 Å². The molecule has 0 fully saturated rings. The predicted molar refractivity (Wildman–Crippen MR) is 69.6 cm³/mol. The summed E-state index contributed by atoms with van der Waals surface area (Å²) >= 11 is 0. The summed E-state index contributed by atoms with van der Waals surface area (Å²) in [6, 6.07) is 7.76. The molecule has 0 bridgehead atoms. The van der Waals surface area contributed by atoms with Crippen LogP contribution in [0.2, 0.25) is 0 Å². The van der Waals surface area contributed by atoms with E-state index in [-0.39, 0.29) is 0 Å². The Kier molecular flexibility index (Phi) is 2.48. The van der Waals surface area contributed by atoms with Crippen LogP contribution in [0.15, 0.2) is 42.9 Å². The third-order valence-electron chi connectivity index (χ3n) is 3.17. The lowest BCUT2D eigenvalue weighted by Gasteiger charge is -2.06. The number of nitrogens with zero attached hydrogens (tertiary/aromatic N) is 3. The number of imidazole rings is 1. The molecule has 0 aliphatic carbocycles. The molecule has 3 rings (SSSR count). The highest BCUT2D eigenvalue weighted by Crippen LogP contribution is 2.18. The van der Waals surface area contributed by atoms with Crippen molar-refractivity contribution in [1.29, 1.82) is 0 Å². The van der Waals surface area contributed by atoms with Gasteiger partial charge >= 0.3 is 0 Å². The quantitative estimate of drug-likeness (QED) is 0.657. The highest BCUT2D eigenvalue weighted by Gasteiger charge is 2.05. The molecular weight excluding hydrogens is 226 g/mol. The molecule has 18 heavy (non-hydrogen) atoms. The largest absolute Gasteiger partial charge is 0.340 e. The maximum Gasteiger partial charge on any atom is 0.150 e. The van der Waals surface area contributed by atoms with Gasteiger partial charge in [-0.05, 0) is 17.5 Å². The molecule has 1 aromatic carbocycles. The van der Waals surface area contributed by atoms with Crippen molar-refractivity contribution in [1.82, 2.24) is 14.1 Å². The molecule has 3 aromatic rings. The molecule has 0 aliphatic rings. The Morgan fingerprint density at radius 1 is 1.28 bits per heavy atom. The number of carbonyl (C=O) groups is 1. The van der Waals surface area contributed by atoms with Gasteiger partial charge in [-0.2, -0.15) is 0 Å². The molecule has 0 saturated carbocycles. The minimum Gasteiger partial charge on any atom is -0.340 e. The molecule has 90 valence electrons. The molecule has 4 heteroatoms. The fourth-order valence-electron chi connectivity index (χ4n) is 2.11. The molecule has 4 nitrogen and oxygen atoms in total. The Labute approximate surface area is 104 Å². The maximum atomic E-state index is 10.8. The second kappa shape index (κ2) is 4.14. The number of fused-ring (bicyclic) bond motifs is 1. The Balaban J connectivity index is 2.06. The first-order valence-corrected chi connectivity index (χ1v) is 5.78. The van der Waals surface area contributed by atoms with E-state index in [1.165, 1.54) is 0 Å². The summed E-state index contributed by atoms with van der Waals surface area (Å²) < 4.78 is 4.10. The summed E-state index contributed by atoms with van der Waals surface area (Å²) in [4.78, 5) is 15.1. The van der Waals surface area contributed by atoms with Crippen LogP contribution in [0.1, 0.15) is 16.2 Å². The molecule has 0 atom stereocenters. The lowest BCUT2D eigenvalue weighted by molar-refractivity contribution is 0.112. The lowest BCUT2D eigenvalue weighted by Crippen LogP contribution is -2.04. The van der Waals surface area contributed by atoms with Crippen LogP contribution in [0.5, 0.6) is 0 Å². The summed E-state index contributed by atoms with van der Waals surface area (Å²) in [5.74, 6) is 0.990. The molecule has 2 heterocycles. The first kappa shape index (κ1) is 10.8. The van der Waals surface area contributed by atoms with Crippen molar-refractivity contribution >= 4 is 17.2 Å². The Morgan fingerprint density at radius 3 is 2.89 bits per heavy atom.